The Balaban J connectivity index is 1.31. The van der Waals surface area contributed by atoms with Crippen molar-refractivity contribution in [3.8, 4) is 5.75 Å². The minimum absolute atomic E-state index is 0.139. The number of hydrogen-bond donors (Lipinski definition) is 1. The normalized spacial score (nSPS) is 15.2. The first kappa shape index (κ1) is 21.6. The average Bonchev–Trinajstić information content (AvgIpc) is 2.75. The van der Waals surface area contributed by atoms with Crippen molar-refractivity contribution < 1.29 is 9.84 Å². The lowest BCUT2D eigenvalue weighted by molar-refractivity contribution is -0.101. The fraction of sp³-hybridized carbons (Fsp3) is 0.357. The molecule has 1 fully saturated rings. The van der Waals surface area contributed by atoms with Gasteiger partial charge in [0.2, 0.25) is 0 Å². The minimum atomic E-state index is 0.139. The Labute approximate surface area is 186 Å². The second kappa shape index (κ2) is 9.67. The van der Waals surface area contributed by atoms with E-state index in [0.29, 0.717) is 18.3 Å². The Morgan fingerprint density at radius 1 is 0.871 bits per heavy atom. The summed E-state index contributed by atoms with van der Waals surface area (Å²) >= 11 is 0. The van der Waals surface area contributed by atoms with Crippen LogP contribution in [0.25, 0.3) is 0 Å². The van der Waals surface area contributed by atoms with Gasteiger partial charge in [-0.3, -0.25) is 4.90 Å². The third-order valence-electron chi connectivity index (χ3n) is 6.57. The Morgan fingerprint density at radius 3 is 1.97 bits per heavy atom. The number of nitrogens with zero attached hydrogens (tertiary/aromatic N) is 1. The van der Waals surface area contributed by atoms with Crippen LogP contribution in [0.5, 0.6) is 5.75 Å². The van der Waals surface area contributed by atoms with Gasteiger partial charge in [0, 0.05) is 24.5 Å². The maximum absolute atomic E-state index is 9.40. The lowest BCUT2D eigenvalue weighted by Crippen LogP contribution is -2.60. The monoisotopic (exact) mass is 415 g/mol. The maximum Gasteiger partial charge on any atom is 0.115 e. The second-order valence-corrected chi connectivity index (χ2v) is 9.23. The van der Waals surface area contributed by atoms with Crippen LogP contribution >= 0.6 is 0 Å². The molecular weight excluding hydrogens is 382 g/mol. The molecule has 31 heavy (non-hydrogen) atoms. The zero-order valence-corrected chi connectivity index (χ0v) is 18.6. The summed E-state index contributed by atoms with van der Waals surface area (Å²) < 4.78 is 6.07. The van der Waals surface area contributed by atoms with E-state index in [0.717, 1.165) is 31.5 Å². The van der Waals surface area contributed by atoms with Gasteiger partial charge in [-0.05, 0) is 55.5 Å². The molecule has 0 saturated carbocycles. The van der Waals surface area contributed by atoms with Crippen LogP contribution in [0, 0.1) is 0 Å². The number of phenolic OH excluding ortho intramolecular Hbond substituents is 1. The van der Waals surface area contributed by atoms with Gasteiger partial charge in [-0.25, -0.2) is 0 Å². The van der Waals surface area contributed by atoms with Crippen LogP contribution < -0.4 is 0 Å². The van der Waals surface area contributed by atoms with Crippen LogP contribution in [0.3, 0.4) is 0 Å². The highest BCUT2D eigenvalue weighted by Gasteiger charge is 2.38. The summed E-state index contributed by atoms with van der Waals surface area (Å²) in [6.07, 6.45) is 2.54. The number of phenols is 1. The molecule has 0 aliphatic carbocycles. The molecule has 0 bridgehead atoms. The van der Waals surface area contributed by atoms with Crippen molar-refractivity contribution in [1.29, 1.82) is 0 Å². The number of aromatic hydroxyl groups is 1. The highest BCUT2D eigenvalue weighted by atomic mass is 16.5. The van der Waals surface area contributed by atoms with E-state index in [-0.39, 0.29) is 11.6 Å². The second-order valence-electron chi connectivity index (χ2n) is 9.23. The predicted octanol–water partition coefficient (Wildman–Crippen LogP) is 5.98. The zero-order chi connectivity index (χ0) is 21.7. The lowest BCUT2D eigenvalue weighted by Gasteiger charge is -2.49. The molecule has 0 amide bonds. The van der Waals surface area contributed by atoms with Gasteiger partial charge in [-0.2, -0.15) is 0 Å². The van der Waals surface area contributed by atoms with Crippen LogP contribution in [-0.2, 0) is 11.3 Å². The lowest BCUT2D eigenvalue weighted by atomic mass is 9.82. The fourth-order valence-electron chi connectivity index (χ4n) is 4.40. The summed E-state index contributed by atoms with van der Waals surface area (Å²) in [7, 11) is 0. The van der Waals surface area contributed by atoms with Crippen molar-refractivity contribution in [3.05, 3.63) is 102 Å². The number of rotatable bonds is 9. The summed E-state index contributed by atoms with van der Waals surface area (Å²) in [5, 5.41) is 9.40. The molecule has 1 N–H and O–H groups in total. The van der Waals surface area contributed by atoms with Crippen molar-refractivity contribution in [2.24, 2.45) is 0 Å². The Bertz CT molecular complexity index is 892. The molecule has 3 heteroatoms. The fourth-order valence-corrected chi connectivity index (χ4v) is 4.40. The van der Waals surface area contributed by atoms with Gasteiger partial charge in [-0.15, -0.1) is 0 Å². The molecule has 3 nitrogen and oxygen atoms in total. The van der Waals surface area contributed by atoms with Crippen molar-refractivity contribution in [2.75, 3.05) is 13.1 Å². The molecule has 0 atom stereocenters. The molecule has 3 aromatic rings. The van der Waals surface area contributed by atoms with Gasteiger partial charge >= 0.3 is 0 Å². The van der Waals surface area contributed by atoms with Gasteiger partial charge in [0.25, 0.3) is 0 Å². The molecule has 1 aliphatic heterocycles. The summed E-state index contributed by atoms with van der Waals surface area (Å²) in [4.78, 5) is 2.54. The Morgan fingerprint density at radius 2 is 1.42 bits per heavy atom. The number of hydrogen-bond acceptors (Lipinski definition) is 3. The van der Waals surface area contributed by atoms with E-state index >= 15 is 0 Å². The third-order valence-corrected chi connectivity index (χ3v) is 6.57. The predicted molar refractivity (Wildman–Crippen MR) is 126 cm³/mol. The molecule has 0 aromatic heterocycles. The molecule has 4 rings (SSSR count). The highest BCUT2D eigenvalue weighted by molar-refractivity contribution is 5.32. The van der Waals surface area contributed by atoms with E-state index < -0.39 is 0 Å². The molecule has 1 heterocycles. The molecule has 0 spiro atoms. The summed E-state index contributed by atoms with van der Waals surface area (Å²) in [6.45, 7) is 7.27. The number of ether oxygens (including phenoxy) is 1. The van der Waals surface area contributed by atoms with Crippen LogP contribution in [0.15, 0.2) is 84.9 Å². The zero-order valence-electron chi connectivity index (χ0n) is 18.6. The van der Waals surface area contributed by atoms with Crippen molar-refractivity contribution in [2.45, 2.75) is 50.9 Å². The minimum Gasteiger partial charge on any atom is -0.508 e. The van der Waals surface area contributed by atoms with Crippen LogP contribution in [0.1, 0.15) is 49.3 Å². The van der Waals surface area contributed by atoms with Gasteiger partial charge in [0.15, 0.2) is 0 Å². The number of benzene rings is 3. The highest BCUT2D eigenvalue weighted by Crippen LogP contribution is 2.35. The SMILES string of the molecule is CC(C)(CCC(c1ccccc1)c1ccccc1)N1CC(OCc2ccc(O)cc2)C1. The first-order chi connectivity index (χ1) is 15.0. The first-order valence-corrected chi connectivity index (χ1v) is 11.3. The van der Waals surface area contributed by atoms with E-state index in [1.807, 2.05) is 12.1 Å². The van der Waals surface area contributed by atoms with Gasteiger partial charge in [-0.1, -0.05) is 72.8 Å². The molecule has 162 valence electrons. The van der Waals surface area contributed by atoms with Gasteiger partial charge in [0.05, 0.1) is 12.7 Å². The van der Waals surface area contributed by atoms with Crippen molar-refractivity contribution in [1.82, 2.24) is 4.90 Å². The van der Waals surface area contributed by atoms with Crippen molar-refractivity contribution >= 4 is 0 Å². The largest absolute Gasteiger partial charge is 0.508 e. The summed E-state index contributed by atoms with van der Waals surface area (Å²) in [5.74, 6) is 0.717. The Hall–Kier alpha value is -2.62. The molecule has 1 aliphatic rings. The van der Waals surface area contributed by atoms with Crippen molar-refractivity contribution in [3.63, 3.8) is 0 Å². The molecule has 1 saturated heterocycles. The standard InChI is InChI=1S/C28H33NO2/c1-28(2,29-19-26(20-29)31-21-22-13-15-25(30)16-14-22)18-17-27(23-9-5-3-6-10-23)24-11-7-4-8-12-24/h3-16,26-27,30H,17-21H2,1-2H3. The van der Waals surface area contributed by atoms with Crippen LogP contribution in [0.4, 0.5) is 0 Å². The first-order valence-electron chi connectivity index (χ1n) is 11.3. The van der Waals surface area contributed by atoms with E-state index in [1.54, 1.807) is 12.1 Å². The van der Waals surface area contributed by atoms with Crippen LogP contribution in [0.2, 0.25) is 0 Å². The van der Waals surface area contributed by atoms with Gasteiger partial charge in [0.1, 0.15) is 5.75 Å². The van der Waals surface area contributed by atoms with E-state index in [9.17, 15) is 5.11 Å². The maximum atomic E-state index is 9.40. The topological polar surface area (TPSA) is 32.7 Å². The Kier molecular flexibility index (Phi) is 6.74. The van der Waals surface area contributed by atoms with E-state index in [4.69, 9.17) is 4.74 Å². The smallest absolute Gasteiger partial charge is 0.115 e. The quantitative estimate of drug-likeness (QED) is 0.466. The molecular formula is C28H33NO2. The molecule has 0 radical (unpaired) electrons. The van der Waals surface area contributed by atoms with E-state index in [1.165, 1.54) is 11.1 Å². The number of likely N-dealkylation sites (tertiary alicyclic amines) is 1. The third kappa shape index (κ3) is 5.55. The van der Waals surface area contributed by atoms with Gasteiger partial charge < -0.3 is 9.84 Å². The molecule has 3 aromatic carbocycles. The summed E-state index contributed by atoms with van der Waals surface area (Å²) in [5.41, 5.74) is 4.02. The average molecular weight is 416 g/mol. The molecule has 0 unspecified atom stereocenters. The van der Waals surface area contributed by atoms with Crippen LogP contribution in [-0.4, -0.2) is 34.7 Å². The summed E-state index contributed by atoms with van der Waals surface area (Å²) in [6, 6.07) is 29.0. The van der Waals surface area contributed by atoms with E-state index in [2.05, 4.69) is 79.4 Å².